The number of halogens is 1. The zero-order valence-electron chi connectivity index (χ0n) is 12.8. The van der Waals surface area contributed by atoms with Gasteiger partial charge in [0.25, 0.3) is 0 Å². The summed E-state index contributed by atoms with van der Waals surface area (Å²) in [6.07, 6.45) is 0. The Morgan fingerprint density at radius 2 is 2.09 bits per heavy atom. The SMILES string of the molecule is CC(C)[C@@H](Nc1cccc(F)c1C#N)C(=O)N1CCOCC1. The lowest BCUT2D eigenvalue weighted by Gasteiger charge is -2.32. The fraction of sp³-hybridized carbons (Fsp3) is 0.500. The van der Waals surface area contributed by atoms with Crippen LogP contribution in [-0.4, -0.2) is 43.2 Å². The number of hydrogen-bond acceptors (Lipinski definition) is 4. The van der Waals surface area contributed by atoms with Crippen LogP contribution in [0.3, 0.4) is 0 Å². The van der Waals surface area contributed by atoms with Gasteiger partial charge in [-0.15, -0.1) is 0 Å². The number of carbonyl (C=O) groups is 1. The van der Waals surface area contributed by atoms with E-state index >= 15 is 0 Å². The molecule has 1 saturated heterocycles. The first-order chi connectivity index (χ1) is 10.5. The molecule has 1 heterocycles. The second-order valence-corrected chi connectivity index (χ2v) is 5.58. The Kier molecular flexibility index (Phi) is 5.34. The molecule has 0 unspecified atom stereocenters. The van der Waals surface area contributed by atoms with Crippen molar-refractivity contribution >= 4 is 11.6 Å². The highest BCUT2D eigenvalue weighted by Crippen LogP contribution is 2.21. The summed E-state index contributed by atoms with van der Waals surface area (Å²) in [6.45, 7) is 6.00. The number of anilines is 1. The molecule has 0 saturated carbocycles. The summed E-state index contributed by atoms with van der Waals surface area (Å²) in [7, 11) is 0. The molecule has 1 fully saturated rings. The fourth-order valence-corrected chi connectivity index (χ4v) is 2.42. The summed E-state index contributed by atoms with van der Waals surface area (Å²) in [5, 5.41) is 12.1. The highest BCUT2D eigenvalue weighted by molar-refractivity contribution is 5.85. The van der Waals surface area contributed by atoms with E-state index in [1.165, 1.54) is 12.1 Å². The lowest BCUT2D eigenvalue weighted by molar-refractivity contribution is -0.137. The van der Waals surface area contributed by atoms with E-state index in [2.05, 4.69) is 5.32 Å². The van der Waals surface area contributed by atoms with E-state index in [9.17, 15) is 9.18 Å². The summed E-state index contributed by atoms with van der Waals surface area (Å²) in [6, 6.07) is 5.71. The Morgan fingerprint density at radius 1 is 1.41 bits per heavy atom. The van der Waals surface area contributed by atoms with E-state index in [1.54, 1.807) is 11.0 Å². The van der Waals surface area contributed by atoms with Crippen molar-refractivity contribution in [2.45, 2.75) is 19.9 Å². The minimum Gasteiger partial charge on any atom is -0.378 e. The molecule has 5 nitrogen and oxygen atoms in total. The van der Waals surface area contributed by atoms with Crippen LogP contribution < -0.4 is 5.32 Å². The maximum atomic E-state index is 13.7. The minimum absolute atomic E-state index is 0.00477. The van der Waals surface area contributed by atoms with Crippen molar-refractivity contribution in [3.63, 3.8) is 0 Å². The third-order valence-corrected chi connectivity index (χ3v) is 3.69. The van der Waals surface area contributed by atoms with E-state index < -0.39 is 11.9 Å². The Labute approximate surface area is 129 Å². The number of hydrogen-bond donors (Lipinski definition) is 1. The van der Waals surface area contributed by atoms with Crippen molar-refractivity contribution in [3.8, 4) is 6.07 Å². The molecule has 2 rings (SSSR count). The molecule has 118 valence electrons. The van der Waals surface area contributed by atoms with Crippen LogP contribution in [0.1, 0.15) is 19.4 Å². The first-order valence-electron chi connectivity index (χ1n) is 7.36. The first-order valence-corrected chi connectivity index (χ1v) is 7.36. The summed E-state index contributed by atoms with van der Waals surface area (Å²) >= 11 is 0. The molecule has 1 aliphatic heterocycles. The van der Waals surface area contributed by atoms with Gasteiger partial charge in [0.2, 0.25) is 5.91 Å². The number of benzene rings is 1. The van der Waals surface area contributed by atoms with Crippen LogP contribution >= 0.6 is 0 Å². The standard InChI is InChI=1S/C16H20FN3O2/c1-11(2)15(16(21)20-6-8-22-9-7-20)19-14-5-3-4-13(17)12(14)10-18/h3-5,11,15,19H,6-9H2,1-2H3/t15-/m1/s1. The first kappa shape index (κ1) is 16.2. The number of nitrogens with one attached hydrogen (secondary N) is 1. The molecule has 0 radical (unpaired) electrons. The van der Waals surface area contributed by atoms with Crippen molar-refractivity contribution in [2.75, 3.05) is 31.6 Å². The van der Waals surface area contributed by atoms with Gasteiger partial charge in [-0.2, -0.15) is 5.26 Å². The highest BCUT2D eigenvalue weighted by atomic mass is 19.1. The normalized spacial score (nSPS) is 16.2. The van der Waals surface area contributed by atoms with E-state index in [0.717, 1.165) is 0 Å². The molecular weight excluding hydrogens is 285 g/mol. The number of rotatable bonds is 4. The van der Waals surface area contributed by atoms with Gasteiger partial charge in [-0.05, 0) is 18.1 Å². The number of morpholine rings is 1. The van der Waals surface area contributed by atoms with Gasteiger partial charge in [-0.3, -0.25) is 4.79 Å². The summed E-state index contributed by atoms with van der Waals surface area (Å²) < 4.78 is 18.9. The monoisotopic (exact) mass is 305 g/mol. The molecule has 1 atom stereocenters. The number of nitriles is 1. The van der Waals surface area contributed by atoms with Gasteiger partial charge in [0.15, 0.2) is 0 Å². The van der Waals surface area contributed by atoms with Gasteiger partial charge in [0, 0.05) is 13.1 Å². The number of carbonyl (C=O) groups excluding carboxylic acids is 1. The molecule has 1 amide bonds. The van der Waals surface area contributed by atoms with Gasteiger partial charge >= 0.3 is 0 Å². The molecule has 22 heavy (non-hydrogen) atoms. The van der Waals surface area contributed by atoms with E-state index in [-0.39, 0.29) is 17.4 Å². The van der Waals surface area contributed by atoms with Crippen LogP contribution in [-0.2, 0) is 9.53 Å². The van der Waals surface area contributed by atoms with Gasteiger partial charge < -0.3 is 15.0 Å². The Morgan fingerprint density at radius 3 is 2.68 bits per heavy atom. The van der Waals surface area contributed by atoms with E-state index in [1.807, 2.05) is 19.9 Å². The molecule has 1 aliphatic rings. The molecule has 0 aromatic heterocycles. The zero-order valence-corrected chi connectivity index (χ0v) is 12.8. The molecule has 1 N–H and O–H groups in total. The molecule has 0 bridgehead atoms. The lowest BCUT2D eigenvalue weighted by atomic mass is 10.0. The topological polar surface area (TPSA) is 65.4 Å². The van der Waals surface area contributed by atoms with Gasteiger partial charge in [-0.1, -0.05) is 19.9 Å². The van der Waals surface area contributed by atoms with Crippen molar-refractivity contribution in [2.24, 2.45) is 5.92 Å². The third kappa shape index (κ3) is 3.55. The Bertz CT molecular complexity index is 577. The average molecular weight is 305 g/mol. The van der Waals surface area contributed by atoms with Crippen molar-refractivity contribution in [3.05, 3.63) is 29.6 Å². The highest BCUT2D eigenvalue weighted by Gasteiger charge is 2.29. The van der Waals surface area contributed by atoms with Crippen LogP contribution in [0, 0.1) is 23.1 Å². The number of nitrogens with zero attached hydrogens (tertiary/aromatic N) is 2. The van der Waals surface area contributed by atoms with Crippen molar-refractivity contribution in [1.29, 1.82) is 5.26 Å². The Hall–Kier alpha value is -2.13. The van der Waals surface area contributed by atoms with Crippen LogP contribution in [0.4, 0.5) is 10.1 Å². The lowest BCUT2D eigenvalue weighted by Crippen LogP contribution is -2.49. The third-order valence-electron chi connectivity index (χ3n) is 3.69. The van der Waals surface area contributed by atoms with Crippen LogP contribution in [0.5, 0.6) is 0 Å². The number of amides is 1. The maximum absolute atomic E-state index is 13.7. The predicted molar refractivity (Wildman–Crippen MR) is 80.8 cm³/mol. The van der Waals surface area contributed by atoms with Crippen molar-refractivity contribution < 1.29 is 13.9 Å². The second-order valence-electron chi connectivity index (χ2n) is 5.58. The summed E-state index contributed by atoms with van der Waals surface area (Å²) in [4.78, 5) is 14.4. The smallest absolute Gasteiger partial charge is 0.245 e. The summed E-state index contributed by atoms with van der Waals surface area (Å²) in [5.41, 5.74) is 0.283. The zero-order chi connectivity index (χ0) is 16.1. The number of ether oxygens (including phenoxy) is 1. The van der Waals surface area contributed by atoms with Gasteiger partial charge in [-0.25, -0.2) is 4.39 Å². The predicted octanol–water partition coefficient (Wildman–Crippen LogP) is 1.99. The minimum atomic E-state index is -0.589. The molecule has 0 aliphatic carbocycles. The summed E-state index contributed by atoms with van der Waals surface area (Å²) in [5.74, 6) is -0.634. The van der Waals surface area contributed by atoms with Crippen LogP contribution in [0.2, 0.25) is 0 Å². The van der Waals surface area contributed by atoms with Crippen LogP contribution in [0.15, 0.2) is 18.2 Å². The quantitative estimate of drug-likeness (QED) is 0.924. The molecule has 1 aromatic carbocycles. The molecule has 0 spiro atoms. The molecule has 6 heteroatoms. The van der Waals surface area contributed by atoms with Gasteiger partial charge in [0.05, 0.1) is 18.9 Å². The van der Waals surface area contributed by atoms with E-state index in [0.29, 0.717) is 32.0 Å². The Balaban J connectivity index is 2.21. The largest absolute Gasteiger partial charge is 0.378 e. The maximum Gasteiger partial charge on any atom is 0.245 e. The molecule has 1 aromatic rings. The fourth-order valence-electron chi connectivity index (χ4n) is 2.42. The second kappa shape index (κ2) is 7.23. The average Bonchev–Trinajstić information content (AvgIpc) is 2.52. The molecular formula is C16H20FN3O2. The van der Waals surface area contributed by atoms with Crippen LogP contribution in [0.25, 0.3) is 0 Å². The van der Waals surface area contributed by atoms with Crippen molar-refractivity contribution in [1.82, 2.24) is 4.90 Å². The van der Waals surface area contributed by atoms with Gasteiger partial charge in [0.1, 0.15) is 23.5 Å². The van der Waals surface area contributed by atoms with E-state index in [4.69, 9.17) is 10.00 Å².